The Hall–Kier alpha value is -2.13. The molecule has 0 aromatic heterocycles. The summed E-state index contributed by atoms with van der Waals surface area (Å²) in [6.07, 6.45) is -0.794. The van der Waals surface area contributed by atoms with Crippen LogP contribution in [0.25, 0.3) is 0 Å². The van der Waals surface area contributed by atoms with Crippen molar-refractivity contribution in [3.63, 3.8) is 0 Å². The monoisotopic (exact) mass is 472 g/mol. The molecule has 0 aliphatic heterocycles. The van der Waals surface area contributed by atoms with E-state index in [1.807, 2.05) is 0 Å². The Bertz CT molecular complexity index is 813. The Labute approximate surface area is 160 Å². The van der Waals surface area contributed by atoms with Gasteiger partial charge in [-0.05, 0) is 47.1 Å². The van der Waals surface area contributed by atoms with E-state index in [-0.39, 0.29) is 11.4 Å². The van der Waals surface area contributed by atoms with Gasteiger partial charge in [0, 0.05) is 10.5 Å². The highest BCUT2D eigenvalue weighted by Crippen LogP contribution is 2.31. The van der Waals surface area contributed by atoms with Gasteiger partial charge in [0.25, 0.3) is 11.6 Å². The number of nitrogens with one attached hydrogen (secondary N) is 1. The van der Waals surface area contributed by atoms with Crippen molar-refractivity contribution in [1.29, 1.82) is 0 Å². The second-order valence-corrected chi connectivity index (χ2v) is 6.74. The van der Waals surface area contributed by atoms with Gasteiger partial charge >= 0.3 is 0 Å². The quantitative estimate of drug-likeness (QED) is 0.491. The van der Waals surface area contributed by atoms with E-state index >= 15 is 0 Å². The molecule has 0 aliphatic carbocycles. The molecular weight excluding hydrogens is 460 g/mol. The molecule has 0 unspecified atom stereocenters. The molecule has 1 N–H and O–H groups in total. The van der Waals surface area contributed by atoms with E-state index in [1.54, 1.807) is 25.1 Å². The maximum atomic E-state index is 12.3. The van der Waals surface area contributed by atoms with Crippen LogP contribution in [-0.2, 0) is 4.79 Å². The van der Waals surface area contributed by atoms with Crippen LogP contribution in [0.5, 0.6) is 11.5 Å². The summed E-state index contributed by atoms with van der Waals surface area (Å²) in [5, 5.41) is 13.4. The molecule has 0 aliphatic rings. The summed E-state index contributed by atoms with van der Waals surface area (Å²) in [6, 6.07) is 9.27. The summed E-state index contributed by atoms with van der Waals surface area (Å²) < 4.78 is 12.3. The highest BCUT2D eigenvalue weighted by atomic mass is 79.9. The molecule has 0 radical (unpaired) electrons. The molecular formula is C16H14Br2N2O5. The zero-order chi connectivity index (χ0) is 18.6. The molecule has 9 heteroatoms. The van der Waals surface area contributed by atoms with Crippen molar-refractivity contribution in [2.24, 2.45) is 0 Å². The first-order chi connectivity index (χ1) is 11.8. The number of amides is 1. The average Bonchev–Trinajstić information content (AvgIpc) is 2.57. The fraction of sp³-hybridized carbons (Fsp3) is 0.188. The van der Waals surface area contributed by atoms with E-state index in [2.05, 4.69) is 37.2 Å². The molecule has 0 bridgehead atoms. The van der Waals surface area contributed by atoms with E-state index in [4.69, 9.17) is 9.47 Å². The molecule has 2 rings (SSSR count). The zero-order valence-corrected chi connectivity index (χ0v) is 16.5. The first-order valence-electron chi connectivity index (χ1n) is 7.07. The lowest BCUT2D eigenvalue weighted by molar-refractivity contribution is -0.384. The van der Waals surface area contributed by atoms with Crippen molar-refractivity contribution in [1.82, 2.24) is 0 Å². The first-order valence-corrected chi connectivity index (χ1v) is 8.65. The number of halogens is 2. The predicted octanol–water partition coefficient (Wildman–Crippen LogP) is 4.53. The van der Waals surface area contributed by atoms with Crippen molar-refractivity contribution in [3.8, 4) is 11.5 Å². The molecule has 25 heavy (non-hydrogen) atoms. The average molecular weight is 474 g/mol. The number of ether oxygens (including phenoxy) is 2. The number of carbonyl (C=O) groups is 1. The maximum Gasteiger partial charge on any atom is 0.273 e. The lowest BCUT2D eigenvalue weighted by Gasteiger charge is -2.17. The van der Waals surface area contributed by atoms with Crippen LogP contribution in [0.1, 0.15) is 6.92 Å². The van der Waals surface area contributed by atoms with Crippen LogP contribution >= 0.6 is 31.9 Å². The Kier molecular flexibility index (Phi) is 6.38. The van der Waals surface area contributed by atoms with E-state index in [0.717, 1.165) is 4.47 Å². The number of benzene rings is 2. The normalized spacial score (nSPS) is 11.5. The molecule has 7 nitrogen and oxygen atoms in total. The van der Waals surface area contributed by atoms with Crippen molar-refractivity contribution < 1.29 is 19.2 Å². The number of non-ortho nitro benzene ring substituents is 1. The number of carbonyl (C=O) groups excluding carboxylic acids is 1. The molecule has 132 valence electrons. The summed E-state index contributed by atoms with van der Waals surface area (Å²) in [4.78, 5) is 22.6. The SMILES string of the molecule is COc1cc([N+](=O)[O-])ccc1NC(=O)[C@@H](C)Oc1ccc(Br)cc1Br. The van der Waals surface area contributed by atoms with Crippen LogP contribution < -0.4 is 14.8 Å². The standard InChI is InChI=1S/C16H14Br2N2O5/c1-9(25-14-6-3-10(17)7-12(14)18)16(21)19-13-5-4-11(20(22)23)8-15(13)24-2/h3-9H,1-2H3,(H,19,21)/t9-/m1/s1. The number of nitro benzene ring substituents is 1. The third-order valence-electron chi connectivity index (χ3n) is 3.22. The molecule has 0 saturated heterocycles. The maximum absolute atomic E-state index is 12.3. The van der Waals surface area contributed by atoms with Crippen molar-refractivity contribution in [2.45, 2.75) is 13.0 Å². The zero-order valence-electron chi connectivity index (χ0n) is 13.3. The number of nitro groups is 1. The molecule has 0 saturated carbocycles. The number of hydrogen-bond acceptors (Lipinski definition) is 5. The number of rotatable bonds is 6. The van der Waals surface area contributed by atoms with E-state index < -0.39 is 16.9 Å². The van der Waals surface area contributed by atoms with Gasteiger partial charge in [-0.1, -0.05) is 15.9 Å². The van der Waals surface area contributed by atoms with Crippen LogP contribution in [0.4, 0.5) is 11.4 Å². The smallest absolute Gasteiger partial charge is 0.273 e. The fourth-order valence-corrected chi connectivity index (χ4v) is 3.09. The molecule has 0 heterocycles. The van der Waals surface area contributed by atoms with Crippen LogP contribution in [0, 0.1) is 10.1 Å². The van der Waals surface area contributed by atoms with Gasteiger partial charge in [0.2, 0.25) is 0 Å². The summed E-state index contributed by atoms with van der Waals surface area (Å²) in [5.41, 5.74) is 0.196. The van der Waals surface area contributed by atoms with E-state index in [1.165, 1.54) is 25.3 Å². The fourth-order valence-electron chi connectivity index (χ4n) is 1.95. The second-order valence-electron chi connectivity index (χ2n) is 4.97. The van der Waals surface area contributed by atoms with E-state index in [9.17, 15) is 14.9 Å². The Morgan fingerprint density at radius 1 is 1.20 bits per heavy atom. The predicted molar refractivity (Wildman–Crippen MR) is 100 cm³/mol. The lowest BCUT2D eigenvalue weighted by atomic mass is 10.2. The minimum atomic E-state index is -0.794. The number of anilines is 1. The molecule has 2 aromatic rings. The number of methoxy groups -OCH3 is 1. The summed E-state index contributed by atoms with van der Waals surface area (Å²) >= 11 is 6.71. The third kappa shape index (κ3) is 4.93. The van der Waals surface area contributed by atoms with Crippen molar-refractivity contribution in [3.05, 3.63) is 55.5 Å². The van der Waals surface area contributed by atoms with Crippen LogP contribution in [0.3, 0.4) is 0 Å². The number of hydrogen-bond donors (Lipinski definition) is 1. The lowest BCUT2D eigenvalue weighted by Crippen LogP contribution is -2.30. The summed E-state index contributed by atoms with van der Waals surface area (Å²) in [7, 11) is 1.37. The molecule has 2 aromatic carbocycles. The highest BCUT2D eigenvalue weighted by Gasteiger charge is 2.19. The highest BCUT2D eigenvalue weighted by molar-refractivity contribution is 9.11. The molecule has 1 amide bonds. The van der Waals surface area contributed by atoms with Crippen molar-refractivity contribution >= 4 is 49.1 Å². The Balaban J connectivity index is 2.11. The summed E-state index contributed by atoms with van der Waals surface area (Å²) in [6.45, 7) is 1.60. The van der Waals surface area contributed by atoms with Crippen LogP contribution in [0.2, 0.25) is 0 Å². The van der Waals surface area contributed by atoms with Crippen molar-refractivity contribution in [2.75, 3.05) is 12.4 Å². The minimum Gasteiger partial charge on any atom is -0.494 e. The third-order valence-corrected chi connectivity index (χ3v) is 4.33. The van der Waals surface area contributed by atoms with Gasteiger partial charge in [0.15, 0.2) is 6.10 Å². The largest absolute Gasteiger partial charge is 0.494 e. The number of nitrogens with zero attached hydrogens (tertiary/aromatic N) is 1. The Morgan fingerprint density at radius 2 is 1.92 bits per heavy atom. The molecule has 0 fully saturated rings. The van der Waals surface area contributed by atoms with Gasteiger partial charge in [0.05, 0.1) is 28.3 Å². The van der Waals surface area contributed by atoms with Gasteiger partial charge in [-0.3, -0.25) is 14.9 Å². The topological polar surface area (TPSA) is 90.7 Å². The summed E-state index contributed by atoms with van der Waals surface area (Å²) in [5.74, 6) is 0.294. The van der Waals surface area contributed by atoms with Gasteiger partial charge in [-0.15, -0.1) is 0 Å². The van der Waals surface area contributed by atoms with Gasteiger partial charge in [-0.25, -0.2) is 0 Å². The van der Waals surface area contributed by atoms with Gasteiger partial charge in [0.1, 0.15) is 11.5 Å². The van der Waals surface area contributed by atoms with Crippen LogP contribution in [-0.4, -0.2) is 24.0 Å². The van der Waals surface area contributed by atoms with Gasteiger partial charge in [-0.2, -0.15) is 0 Å². The van der Waals surface area contributed by atoms with Crippen LogP contribution in [0.15, 0.2) is 45.3 Å². The van der Waals surface area contributed by atoms with E-state index in [0.29, 0.717) is 15.9 Å². The Morgan fingerprint density at radius 3 is 2.52 bits per heavy atom. The second kappa shape index (κ2) is 8.30. The van der Waals surface area contributed by atoms with Gasteiger partial charge < -0.3 is 14.8 Å². The molecule has 0 spiro atoms. The first kappa shape index (κ1) is 19.2. The minimum absolute atomic E-state index is 0.127. The molecule has 1 atom stereocenters.